The number of nitrogens with two attached hydrogens (primary N) is 1. The lowest BCUT2D eigenvalue weighted by molar-refractivity contribution is 0.100. The summed E-state index contributed by atoms with van der Waals surface area (Å²) in [7, 11) is 0. The lowest BCUT2D eigenvalue weighted by atomic mass is 10.2. The van der Waals surface area contributed by atoms with Gasteiger partial charge in [-0.15, -0.1) is 11.3 Å². The summed E-state index contributed by atoms with van der Waals surface area (Å²) in [5.41, 5.74) is 6.94. The van der Waals surface area contributed by atoms with Gasteiger partial charge in [0.05, 0.1) is 27.2 Å². The summed E-state index contributed by atoms with van der Waals surface area (Å²) in [6.07, 6.45) is 0. The number of nitrogens with one attached hydrogen (secondary N) is 2. The van der Waals surface area contributed by atoms with Crippen LogP contribution in [0.3, 0.4) is 0 Å². The van der Waals surface area contributed by atoms with Crippen molar-refractivity contribution in [3.8, 4) is 10.6 Å². The summed E-state index contributed by atoms with van der Waals surface area (Å²) in [6, 6.07) is 10.0. The Hall–Kier alpha value is -2.97. The molecular weight excluding hydrogens is 415 g/mol. The Morgan fingerprint density at radius 3 is 2.62 bits per heavy atom. The monoisotopic (exact) mass is 432 g/mol. The normalized spacial score (nSPS) is 11.7. The number of anilines is 1. The number of aryl methyl sites for hydroxylation is 1. The molecule has 3 aromatic rings. The van der Waals surface area contributed by atoms with Crippen LogP contribution in [0.15, 0.2) is 42.5 Å². The van der Waals surface area contributed by atoms with E-state index in [4.69, 9.17) is 17.3 Å². The summed E-state index contributed by atoms with van der Waals surface area (Å²) < 4.78 is 14.0. The number of carbonyl (C=O) groups is 2. The van der Waals surface area contributed by atoms with Crippen molar-refractivity contribution in [2.45, 2.75) is 19.9 Å². The van der Waals surface area contributed by atoms with Gasteiger partial charge in [0.15, 0.2) is 0 Å². The van der Waals surface area contributed by atoms with E-state index in [-0.39, 0.29) is 22.4 Å². The number of aromatic nitrogens is 1. The number of carbonyl (C=O) groups excluding carboxylic acids is 2. The van der Waals surface area contributed by atoms with E-state index in [0.29, 0.717) is 16.3 Å². The van der Waals surface area contributed by atoms with Crippen molar-refractivity contribution in [3.63, 3.8) is 0 Å². The fourth-order valence-electron chi connectivity index (χ4n) is 2.78. The first-order chi connectivity index (χ1) is 13.8. The van der Waals surface area contributed by atoms with E-state index in [9.17, 15) is 14.0 Å². The van der Waals surface area contributed by atoms with Crippen LogP contribution >= 0.6 is 22.9 Å². The molecule has 150 valence electrons. The topological polar surface area (TPSA) is 97.1 Å². The van der Waals surface area contributed by atoms with Crippen LogP contribution < -0.4 is 16.4 Å². The van der Waals surface area contributed by atoms with E-state index in [1.165, 1.54) is 35.6 Å². The molecule has 0 spiro atoms. The van der Waals surface area contributed by atoms with E-state index in [1.54, 1.807) is 18.2 Å². The van der Waals surface area contributed by atoms with Gasteiger partial charge in [-0.25, -0.2) is 14.2 Å². The molecule has 2 aromatic carbocycles. The van der Waals surface area contributed by atoms with Crippen molar-refractivity contribution in [2.24, 2.45) is 5.73 Å². The summed E-state index contributed by atoms with van der Waals surface area (Å²) in [5, 5.41) is 6.17. The predicted octanol–water partition coefficient (Wildman–Crippen LogP) is 4.89. The Bertz CT molecular complexity index is 1090. The summed E-state index contributed by atoms with van der Waals surface area (Å²) in [4.78, 5) is 28.8. The fraction of sp³-hybridized carbons (Fsp3) is 0.150. The second-order valence-electron chi connectivity index (χ2n) is 6.33. The molecule has 0 bridgehead atoms. The van der Waals surface area contributed by atoms with Crippen LogP contribution in [-0.2, 0) is 0 Å². The molecule has 4 N–H and O–H groups in total. The molecule has 1 heterocycles. The minimum Gasteiger partial charge on any atom is -0.366 e. The van der Waals surface area contributed by atoms with Crippen molar-refractivity contribution in [1.82, 2.24) is 10.3 Å². The predicted molar refractivity (Wildman–Crippen MR) is 113 cm³/mol. The number of amides is 3. The van der Waals surface area contributed by atoms with Crippen molar-refractivity contribution in [1.29, 1.82) is 0 Å². The van der Waals surface area contributed by atoms with Crippen LogP contribution in [0.2, 0.25) is 5.02 Å². The quantitative estimate of drug-likeness (QED) is 0.535. The van der Waals surface area contributed by atoms with Crippen LogP contribution in [-0.4, -0.2) is 16.9 Å². The van der Waals surface area contributed by atoms with Gasteiger partial charge in [-0.3, -0.25) is 4.79 Å². The van der Waals surface area contributed by atoms with Gasteiger partial charge in [-0.05, 0) is 44.2 Å². The van der Waals surface area contributed by atoms with E-state index in [0.717, 1.165) is 10.6 Å². The molecule has 0 aliphatic carbocycles. The Kier molecular flexibility index (Phi) is 6.14. The van der Waals surface area contributed by atoms with Gasteiger partial charge in [0, 0.05) is 11.3 Å². The second-order valence-corrected chi connectivity index (χ2v) is 7.77. The molecule has 6 nitrogen and oxygen atoms in total. The number of thiazole rings is 1. The lowest BCUT2D eigenvalue weighted by Gasteiger charge is -2.14. The van der Waals surface area contributed by atoms with E-state index in [2.05, 4.69) is 15.6 Å². The minimum atomic E-state index is -0.647. The van der Waals surface area contributed by atoms with Gasteiger partial charge >= 0.3 is 6.03 Å². The average molecular weight is 433 g/mol. The highest BCUT2D eigenvalue weighted by Crippen LogP contribution is 2.33. The van der Waals surface area contributed by atoms with Gasteiger partial charge in [0.1, 0.15) is 10.8 Å². The molecule has 0 aliphatic rings. The van der Waals surface area contributed by atoms with Crippen molar-refractivity contribution in [2.75, 3.05) is 5.32 Å². The Morgan fingerprint density at radius 1 is 1.24 bits per heavy atom. The molecule has 1 unspecified atom stereocenters. The van der Waals surface area contributed by atoms with Gasteiger partial charge in [0.2, 0.25) is 5.91 Å². The smallest absolute Gasteiger partial charge is 0.319 e. The first-order valence-electron chi connectivity index (χ1n) is 8.65. The zero-order valence-corrected chi connectivity index (χ0v) is 17.2. The Balaban J connectivity index is 1.71. The van der Waals surface area contributed by atoms with Gasteiger partial charge in [-0.1, -0.05) is 23.7 Å². The summed E-state index contributed by atoms with van der Waals surface area (Å²) in [5.74, 6) is -0.992. The molecule has 0 aliphatic heterocycles. The van der Waals surface area contributed by atoms with Crippen molar-refractivity contribution < 1.29 is 14.0 Å². The first-order valence-corrected chi connectivity index (χ1v) is 9.84. The fourth-order valence-corrected chi connectivity index (χ4v) is 4.15. The number of hydrogen-bond acceptors (Lipinski definition) is 4. The number of halogens is 2. The molecule has 0 saturated heterocycles. The maximum absolute atomic E-state index is 14.0. The highest BCUT2D eigenvalue weighted by molar-refractivity contribution is 7.15. The Morgan fingerprint density at radius 2 is 1.97 bits per heavy atom. The molecule has 0 radical (unpaired) electrons. The molecule has 9 heteroatoms. The lowest BCUT2D eigenvalue weighted by Crippen LogP contribution is -2.31. The summed E-state index contributed by atoms with van der Waals surface area (Å²) in [6.45, 7) is 3.63. The largest absolute Gasteiger partial charge is 0.366 e. The number of benzene rings is 2. The third-order valence-corrected chi connectivity index (χ3v) is 5.86. The number of hydrogen-bond donors (Lipinski definition) is 3. The SMILES string of the molecule is Cc1nc(-c2ccccc2F)sc1C(C)NC(=O)Nc1ccc(C(N)=O)c(Cl)c1. The van der Waals surface area contributed by atoms with E-state index in [1.807, 2.05) is 13.8 Å². The van der Waals surface area contributed by atoms with Crippen molar-refractivity contribution >= 4 is 40.6 Å². The summed E-state index contributed by atoms with van der Waals surface area (Å²) >= 11 is 7.32. The zero-order valence-electron chi connectivity index (χ0n) is 15.6. The van der Waals surface area contributed by atoms with Crippen LogP contribution in [0, 0.1) is 12.7 Å². The van der Waals surface area contributed by atoms with Gasteiger partial charge in [-0.2, -0.15) is 0 Å². The number of rotatable bonds is 5. The average Bonchev–Trinajstić information content (AvgIpc) is 3.03. The standard InChI is InChI=1S/C20H18ClFN4O2S/c1-10-17(29-19(24-10)14-5-3-4-6-16(14)22)11(2)25-20(28)26-12-7-8-13(18(23)27)15(21)9-12/h3-9,11H,1-2H3,(H2,23,27)(H2,25,26,28). The van der Waals surface area contributed by atoms with Crippen LogP contribution in [0.1, 0.15) is 33.9 Å². The Labute approximate surface area is 175 Å². The third-order valence-electron chi connectivity index (χ3n) is 4.17. The number of urea groups is 1. The molecule has 1 atom stereocenters. The van der Waals surface area contributed by atoms with Gasteiger partial charge in [0.25, 0.3) is 0 Å². The second kappa shape index (κ2) is 8.59. The maximum Gasteiger partial charge on any atom is 0.319 e. The molecule has 29 heavy (non-hydrogen) atoms. The van der Waals surface area contributed by atoms with Crippen LogP contribution in [0.5, 0.6) is 0 Å². The van der Waals surface area contributed by atoms with Gasteiger partial charge < -0.3 is 16.4 Å². The molecule has 3 amide bonds. The maximum atomic E-state index is 14.0. The molecule has 0 saturated carbocycles. The number of primary amides is 1. The first kappa shape index (κ1) is 20.8. The van der Waals surface area contributed by atoms with E-state index < -0.39 is 11.9 Å². The minimum absolute atomic E-state index is 0.149. The third kappa shape index (κ3) is 4.72. The highest BCUT2D eigenvalue weighted by Gasteiger charge is 2.19. The van der Waals surface area contributed by atoms with Crippen molar-refractivity contribution in [3.05, 3.63) is 69.4 Å². The molecule has 3 rings (SSSR count). The van der Waals surface area contributed by atoms with Crippen LogP contribution in [0.4, 0.5) is 14.9 Å². The molecule has 1 aromatic heterocycles. The highest BCUT2D eigenvalue weighted by atomic mass is 35.5. The zero-order chi connectivity index (χ0) is 21.1. The van der Waals surface area contributed by atoms with Crippen LogP contribution in [0.25, 0.3) is 10.6 Å². The number of nitrogens with zero attached hydrogens (tertiary/aromatic N) is 1. The molecular formula is C20H18ClFN4O2S. The molecule has 0 fully saturated rings. The van der Waals surface area contributed by atoms with E-state index >= 15 is 0 Å².